The molecule has 5 aromatic rings. The van der Waals surface area contributed by atoms with Crippen LogP contribution in [0.1, 0.15) is 22.6 Å². The Morgan fingerprint density at radius 1 is 0.967 bits per heavy atom. The number of phenolic OH excluding ortho intramolecular Hbond substituents is 1. The van der Waals surface area contributed by atoms with Gasteiger partial charge in [0.2, 0.25) is 5.88 Å². The van der Waals surface area contributed by atoms with Crippen LogP contribution < -0.4 is 4.74 Å². The highest BCUT2D eigenvalue weighted by molar-refractivity contribution is 5.68. The van der Waals surface area contributed by atoms with Gasteiger partial charge in [-0.15, -0.1) is 5.10 Å². The minimum atomic E-state index is -0.156. The first-order chi connectivity index (χ1) is 14.8. The summed E-state index contributed by atoms with van der Waals surface area (Å²) in [6, 6.07) is 19.0. The molecular weight excluding hydrogens is 378 g/mol. The number of aromatic hydroxyl groups is 1. The van der Waals surface area contributed by atoms with Crippen LogP contribution in [0.5, 0.6) is 17.4 Å². The Morgan fingerprint density at radius 2 is 1.80 bits per heavy atom. The average Bonchev–Trinajstić information content (AvgIpc) is 3.23. The molecule has 0 spiro atoms. The molecule has 0 bridgehead atoms. The molecule has 4 heterocycles. The average molecular weight is 393 g/mol. The second kappa shape index (κ2) is 6.38. The monoisotopic (exact) mass is 393 g/mol. The van der Waals surface area contributed by atoms with E-state index in [2.05, 4.69) is 27.2 Å². The first kappa shape index (κ1) is 16.7. The fourth-order valence-corrected chi connectivity index (χ4v) is 3.92. The molecule has 0 aliphatic carbocycles. The molecule has 0 unspecified atom stereocenters. The Hall–Kier alpha value is -4.26. The van der Waals surface area contributed by atoms with E-state index in [-0.39, 0.29) is 11.7 Å². The van der Waals surface area contributed by atoms with Gasteiger partial charge in [0.25, 0.3) is 0 Å². The molecule has 0 fully saturated rings. The van der Waals surface area contributed by atoms with Gasteiger partial charge >= 0.3 is 0 Å². The molecule has 1 aliphatic heterocycles. The van der Waals surface area contributed by atoms with Crippen molar-refractivity contribution in [1.82, 2.24) is 24.6 Å². The van der Waals surface area contributed by atoms with Crippen LogP contribution in [0.25, 0.3) is 17.0 Å². The predicted molar refractivity (Wildman–Crippen MR) is 110 cm³/mol. The molecule has 6 rings (SSSR count). The fraction of sp³-hybridized carbons (Fsp3) is 0.0435. The summed E-state index contributed by atoms with van der Waals surface area (Å²) in [5.41, 5.74) is 4.42. The van der Waals surface area contributed by atoms with E-state index in [1.165, 1.54) is 0 Å². The third-order valence-corrected chi connectivity index (χ3v) is 5.26. The number of phenols is 1. The standard InChI is InChI=1S/C23H15N5O2/c29-16-6-7-17-18(12-16)30-23-20(19(17)14-4-2-1-3-5-14)22-26-21(27-28(22)13-25-23)15-8-10-24-11-9-15/h1-13,19,29H/t19-/m0/s1. The third-order valence-electron chi connectivity index (χ3n) is 5.26. The highest BCUT2D eigenvalue weighted by atomic mass is 16.5. The Balaban J connectivity index is 1.63. The largest absolute Gasteiger partial charge is 0.508 e. The molecule has 144 valence electrons. The Bertz CT molecular complexity index is 1380. The van der Waals surface area contributed by atoms with Crippen LogP contribution in [0.4, 0.5) is 0 Å². The number of benzene rings is 2. The molecule has 3 aromatic heterocycles. The Kier molecular flexibility index (Phi) is 3.55. The van der Waals surface area contributed by atoms with Crippen molar-refractivity contribution < 1.29 is 9.84 Å². The summed E-state index contributed by atoms with van der Waals surface area (Å²) in [7, 11) is 0. The molecular formula is C23H15N5O2. The normalized spacial score (nSPS) is 14.7. The molecule has 1 aliphatic rings. The molecule has 0 radical (unpaired) electrons. The minimum absolute atomic E-state index is 0.146. The Morgan fingerprint density at radius 3 is 2.63 bits per heavy atom. The van der Waals surface area contributed by atoms with Gasteiger partial charge in [-0.3, -0.25) is 4.98 Å². The maximum absolute atomic E-state index is 9.96. The maximum atomic E-state index is 9.96. The first-order valence-corrected chi connectivity index (χ1v) is 9.49. The van der Waals surface area contributed by atoms with E-state index in [0.29, 0.717) is 23.1 Å². The van der Waals surface area contributed by atoms with Crippen molar-refractivity contribution in [1.29, 1.82) is 0 Å². The zero-order valence-corrected chi connectivity index (χ0v) is 15.7. The van der Waals surface area contributed by atoms with Crippen molar-refractivity contribution in [2.75, 3.05) is 0 Å². The van der Waals surface area contributed by atoms with Gasteiger partial charge in [0.05, 0.1) is 5.56 Å². The van der Waals surface area contributed by atoms with Crippen LogP contribution in [0.15, 0.2) is 79.4 Å². The molecule has 2 aromatic carbocycles. The van der Waals surface area contributed by atoms with Crippen molar-refractivity contribution in [2.45, 2.75) is 5.92 Å². The molecule has 7 heteroatoms. The number of pyridine rings is 1. The third kappa shape index (κ3) is 2.52. The molecule has 1 N–H and O–H groups in total. The van der Waals surface area contributed by atoms with Crippen LogP contribution in [-0.2, 0) is 0 Å². The molecule has 1 atom stereocenters. The van der Waals surface area contributed by atoms with E-state index < -0.39 is 0 Å². The summed E-state index contributed by atoms with van der Waals surface area (Å²) >= 11 is 0. The summed E-state index contributed by atoms with van der Waals surface area (Å²) < 4.78 is 7.75. The summed E-state index contributed by atoms with van der Waals surface area (Å²) in [6.45, 7) is 0. The highest BCUT2D eigenvalue weighted by Gasteiger charge is 2.33. The van der Waals surface area contributed by atoms with Gasteiger partial charge in [0, 0.05) is 35.5 Å². The lowest BCUT2D eigenvalue weighted by Gasteiger charge is -2.27. The second-order valence-electron chi connectivity index (χ2n) is 7.07. The molecule has 0 amide bonds. The number of nitrogens with zero attached hydrogens (tertiary/aromatic N) is 5. The smallest absolute Gasteiger partial charge is 0.228 e. The lowest BCUT2D eigenvalue weighted by atomic mass is 9.84. The lowest BCUT2D eigenvalue weighted by Crippen LogP contribution is -2.14. The van der Waals surface area contributed by atoms with Crippen LogP contribution in [0, 0.1) is 0 Å². The van der Waals surface area contributed by atoms with Gasteiger partial charge in [0.1, 0.15) is 17.8 Å². The number of hydrogen-bond acceptors (Lipinski definition) is 6. The molecule has 0 saturated carbocycles. The van der Waals surface area contributed by atoms with Gasteiger partial charge < -0.3 is 9.84 Å². The van der Waals surface area contributed by atoms with Gasteiger partial charge in [-0.1, -0.05) is 36.4 Å². The van der Waals surface area contributed by atoms with Crippen LogP contribution >= 0.6 is 0 Å². The van der Waals surface area contributed by atoms with E-state index >= 15 is 0 Å². The van der Waals surface area contributed by atoms with E-state index in [1.807, 2.05) is 36.4 Å². The Labute approximate surface area is 171 Å². The van der Waals surface area contributed by atoms with Crippen molar-refractivity contribution >= 4 is 5.65 Å². The molecule has 7 nitrogen and oxygen atoms in total. The highest BCUT2D eigenvalue weighted by Crippen LogP contribution is 2.48. The van der Waals surface area contributed by atoms with Gasteiger partial charge in [-0.2, -0.15) is 0 Å². The van der Waals surface area contributed by atoms with Crippen molar-refractivity contribution in [2.24, 2.45) is 0 Å². The summed E-state index contributed by atoms with van der Waals surface area (Å²) in [5, 5.41) is 14.6. The van der Waals surface area contributed by atoms with E-state index in [4.69, 9.17) is 9.72 Å². The van der Waals surface area contributed by atoms with Crippen LogP contribution in [-0.4, -0.2) is 29.7 Å². The van der Waals surface area contributed by atoms with Crippen molar-refractivity contribution in [3.63, 3.8) is 0 Å². The van der Waals surface area contributed by atoms with Crippen LogP contribution in [0.3, 0.4) is 0 Å². The summed E-state index contributed by atoms with van der Waals surface area (Å²) in [4.78, 5) is 13.4. The number of fused-ring (bicyclic) bond motifs is 4. The van der Waals surface area contributed by atoms with Gasteiger partial charge in [0.15, 0.2) is 11.5 Å². The van der Waals surface area contributed by atoms with E-state index in [0.717, 1.165) is 22.3 Å². The topological polar surface area (TPSA) is 85.4 Å². The quantitative estimate of drug-likeness (QED) is 0.475. The fourth-order valence-electron chi connectivity index (χ4n) is 3.92. The minimum Gasteiger partial charge on any atom is -0.508 e. The predicted octanol–water partition coefficient (Wildman–Crippen LogP) is 4.18. The number of rotatable bonds is 2. The molecule has 0 saturated heterocycles. The maximum Gasteiger partial charge on any atom is 0.228 e. The van der Waals surface area contributed by atoms with E-state index in [9.17, 15) is 5.11 Å². The first-order valence-electron chi connectivity index (χ1n) is 9.49. The number of hydrogen-bond donors (Lipinski definition) is 1. The van der Waals surface area contributed by atoms with E-state index in [1.54, 1.807) is 35.4 Å². The van der Waals surface area contributed by atoms with Gasteiger partial charge in [-0.05, 0) is 23.8 Å². The zero-order chi connectivity index (χ0) is 20.1. The molecule has 30 heavy (non-hydrogen) atoms. The number of aromatic nitrogens is 5. The number of ether oxygens (including phenoxy) is 1. The zero-order valence-electron chi connectivity index (χ0n) is 15.7. The van der Waals surface area contributed by atoms with Crippen molar-refractivity contribution in [3.05, 3.63) is 96.1 Å². The summed E-state index contributed by atoms with van der Waals surface area (Å²) in [6.07, 6.45) is 5.03. The van der Waals surface area contributed by atoms with Crippen LogP contribution in [0.2, 0.25) is 0 Å². The summed E-state index contributed by atoms with van der Waals surface area (Å²) in [5.74, 6) is 1.63. The SMILES string of the molecule is Oc1ccc2c(c1)Oc1ncn3nc(-c4ccncc4)nc3c1[C@H]2c1ccccc1. The van der Waals surface area contributed by atoms with Gasteiger partial charge in [-0.25, -0.2) is 14.5 Å². The lowest BCUT2D eigenvalue weighted by molar-refractivity contribution is 0.422. The van der Waals surface area contributed by atoms with Crippen molar-refractivity contribution in [3.8, 4) is 28.8 Å². The second-order valence-corrected chi connectivity index (χ2v) is 7.07.